The zero-order valence-electron chi connectivity index (χ0n) is 11.2. The van der Waals surface area contributed by atoms with Crippen LogP contribution in [0.15, 0.2) is 24.3 Å². The van der Waals surface area contributed by atoms with Gasteiger partial charge < -0.3 is 4.74 Å². The Kier molecular flexibility index (Phi) is 5.88. The van der Waals surface area contributed by atoms with Crippen molar-refractivity contribution in [2.45, 2.75) is 26.4 Å². The summed E-state index contributed by atoms with van der Waals surface area (Å²) in [4.78, 5) is 23.3. The SMILES string of the molecule is CC(C)(C)OC(=O)CSCC(=O)c1ccccc1Cl. The molecule has 1 rings (SSSR count). The van der Waals surface area contributed by atoms with E-state index in [0.717, 1.165) is 0 Å². The van der Waals surface area contributed by atoms with E-state index in [1.54, 1.807) is 24.3 Å². The fourth-order valence-electron chi connectivity index (χ4n) is 1.36. The molecule has 0 fully saturated rings. The second-order valence-electron chi connectivity index (χ2n) is 4.98. The Morgan fingerprint density at radius 1 is 1.21 bits per heavy atom. The van der Waals surface area contributed by atoms with Crippen molar-refractivity contribution in [3.8, 4) is 0 Å². The number of carbonyl (C=O) groups excluding carboxylic acids is 2. The summed E-state index contributed by atoms with van der Waals surface area (Å²) in [5.74, 6) is -0.0280. The molecule has 0 aliphatic rings. The minimum absolute atomic E-state index is 0.0841. The fourth-order valence-corrected chi connectivity index (χ4v) is 2.27. The zero-order valence-corrected chi connectivity index (χ0v) is 12.8. The lowest BCUT2D eigenvalue weighted by Gasteiger charge is -2.19. The van der Waals surface area contributed by atoms with Crippen LogP contribution >= 0.6 is 23.4 Å². The Labute approximate surface area is 122 Å². The molecule has 0 atom stereocenters. The maximum atomic E-state index is 11.9. The highest BCUT2D eigenvalue weighted by Crippen LogP contribution is 2.18. The summed E-state index contributed by atoms with van der Waals surface area (Å²) in [7, 11) is 0. The van der Waals surface area contributed by atoms with Crippen molar-refractivity contribution < 1.29 is 14.3 Å². The minimum atomic E-state index is -0.496. The van der Waals surface area contributed by atoms with Crippen LogP contribution in [0.1, 0.15) is 31.1 Å². The van der Waals surface area contributed by atoms with Gasteiger partial charge in [-0.2, -0.15) is 0 Å². The summed E-state index contributed by atoms with van der Waals surface area (Å²) in [5, 5.41) is 0.436. The Morgan fingerprint density at radius 3 is 2.42 bits per heavy atom. The van der Waals surface area contributed by atoms with E-state index in [-0.39, 0.29) is 23.3 Å². The molecule has 0 amide bonds. The fraction of sp³-hybridized carbons (Fsp3) is 0.429. The van der Waals surface area contributed by atoms with E-state index in [1.165, 1.54) is 11.8 Å². The number of hydrogen-bond acceptors (Lipinski definition) is 4. The van der Waals surface area contributed by atoms with Crippen LogP contribution in [0.5, 0.6) is 0 Å². The second-order valence-corrected chi connectivity index (χ2v) is 6.38. The predicted octanol–water partition coefficient (Wildman–Crippen LogP) is 3.60. The maximum Gasteiger partial charge on any atom is 0.316 e. The number of thioether (sulfide) groups is 1. The number of rotatable bonds is 5. The molecule has 0 saturated heterocycles. The number of esters is 1. The summed E-state index contributed by atoms with van der Waals surface area (Å²) in [6, 6.07) is 6.89. The Bertz CT molecular complexity index is 466. The smallest absolute Gasteiger partial charge is 0.316 e. The van der Waals surface area contributed by atoms with Gasteiger partial charge in [0.25, 0.3) is 0 Å². The van der Waals surface area contributed by atoms with Gasteiger partial charge in [-0.05, 0) is 32.9 Å². The molecule has 0 unspecified atom stereocenters. The van der Waals surface area contributed by atoms with E-state index >= 15 is 0 Å². The van der Waals surface area contributed by atoms with E-state index in [2.05, 4.69) is 0 Å². The van der Waals surface area contributed by atoms with Gasteiger partial charge in [-0.3, -0.25) is 9.59 Å². The van der Waals surface area contributed by atoms with Crippen LogP contribution < -0.4 is 0 Å². The lowest BCUT2D eigenvalue weighted by atomic mass is 10.1. The maximum absolute atomic E-state index is 11.9. The van der Waals surface area contributed by atoms with Crippen molar-refractivity contribution >= 4 is 35.1 Å². The third kappa shape index (κ3) is 6.12. The molecule has 0 saturated carbocycles. The van der Waals surface area contributed by atoms with Crippen LogP contribution in [0.4, 0.5) is 0 Å². The average Bonchev–Trinajstić information content (AvgIpc) is 2.26. The molecule has 0 aliphatic carbocycles. The number of Topliss-reactive ketones (excluding diaryl/α,β-unsaturated/α-hetero) is 1. The summed E-state index contributed by atoms with van der Waals surface area (Å²) >= 11 is 7.16. The normalized spacial score (nSPS) is 11.2. The van der Waals surface area contributed by atoms with Gasteiger partial charge in [0.1, 0.15) is 5.60 Å². The number of benzene rings is 1. The topological polar surface area (TPSA) is 43.4 Å². The second kappa shape index (κ2) is 6.96. The van der Waals surface area contributed by atoms with E-state index in [4.69, 9.17) is 16.3 Å². The summed E-state index contributed by atoms with van der Waals surface area (Å²) < 4.78 is 5.15. The van der Waals surface area contributed by atoms with Gasteiger partial charge in [-0.25, -0.2) is 0 Å². The van der Waals surface area contributed by atoms with Gasteiger partial charge in [-0.15, -0.1) is 11.8 Å². The summed E-state index contributed by atoms with van der Waals surface area (Å²) in [6.07, 6.45) is 0. The van der Waals surface area contributed by atoms with Crippen LogP contribution in [0, 0.1) is 0 Å². The van der Waals surface area contributed by atoms with Crippen LogP contribution in [0.25, 0.3) is 0 Å². The highest BCUT2D eigenvalue weighted by Gasteiger charge is 2.17. The van der Waals surface area contributed by atoms with E-state index in [9.17, 15) is 9.59 Å². The third-order valence-corrected chi connectivity index (χ3v) is 3.28. The highest BCUT2D eigenvalue weighted by molar-refractivity contribution is 8.00. The van der Waals surface area contributed by atoms with Crippen LogP contribution in [0.2, 0.25) is 5.02 Å². The Morgan fingerprint density at radius 2 is 1.84 bits per heavy atom. The van der Waals surface area contributed by atoms with Crippen molar-refractivity contribution in [3.05, 3.63) is 34.9 Å². The van der Waals surface area contributed by atoms with Crippen LogP contribution in [-0.4, -0.2) is 28.9 Å². The zero-order chi connectivity index (χ0) is 14.5. The Hall–Kier alpha value is -1.00. The molecule has 19 heavy (non-hydrogen) atoms. The number of ether oxygens (including phenoxy) is 1. The first kappa shape index (κ1) is 16.1. The van der Waals surface area contributed by atoms with Gasteiger partial charge in [0.05, 0.1) is 16.5 Å². The number of ketones is 1. The number of halogens is 1. The Balaban J connectivity index is 2.40. The summed E-state index contributed by atoms with van der Waals surface area (Å²) in [6.45, 7) is 5.43. The molecule has 3 nitrogen and oxygen atoms in total. The van der Waals surface area contributed by atoms with Crippen LogP contribution in [-0.2, 0) is 9.53 Å². The molecule has 0 heterocycles. The third-order valence-electron chi connectivity index (χ3n) is 2.05. The first-order valence-electron chi connectivity index (χ1n) is 5.87. The van der Waals surface area contributed by atoms with E-state index in [0.29, 0.717) is 10.6 Å². The quantitative estimate of drug-likeness (QED) is 0.615. The molecule has 0 aliphatic heterocycles. The van der Waals surface area contributed by atoms with Crippen molar-refractivity contribution in [2.24, 2.45) is 0 Å². The largest absolute Gasteiger partial charge is 0.459 e. The monoisotopic (exact) mass is 300 g/mol. The van der Waals surface area contributed by atoms with Crippen molar-refractivity contribution in [3.63, 3.8) is 0 Å². The standard InChI is InChI=1S/C14H17ClO3S/c1-14(2,3)18-13(17)9-19-8-12(16)10-6-4-5-7-11(10)15/h4-7H,8-9H2,1-3H3. The number of carbonyl (C=O) groups is 2. The van der Waals surface area contributed by atoms with Gasteiger partial charge >= 0.3 is 5.97 Å². The van der Waals surface area contributed by atoms with Gasteiger partial charge in [0, 0.05) is 5.56 Å². The molecule has 0 bridgehead atoms. The van der Waals surface area contributed by atoms with Crippen molar-refractivity contribution in [1.82, 2.24) is 0 Å². The van der Waals surface area contributed by atoms with Crippen molar-refractivity contribution in [1.29, 1.82) is 0 Å². The first-order valence-corrected chi connectivity index (χ1v) is 7.40. The molecule has 0 spiro atoms. The van der Waals surface area contributed by atoms with Crippen molar-refractivity contribution in [2.75, 3.05) is 11.5 Å². The molecule has 5 heteroatoms. The predicted molar refractivity (Wildman–Crippen MR) is 79.0 cm³/mol. The van der Waals surface area contributed by atoms with E-state index in [1.807, 2.05) is 20.8 Å². The molecule has 0 aromatic heterocycles. The van der Waals surface area contributed by atoms with Gasteiger partial charge in [-0.1, -0.05) is 23.7 Å². The lowest BCUT2D eigenvalue weighted by molar-refractivity contribution is -0.151. The molecule has 1 aromatic rings. The molecule has 1 aromatic carbocycles. The van der Waals surface area contributed by atoms with Gasteiger partial charge in [0.2, 0.25) is 0 Å². The van der Waals surface area contributed by atoms with E-state index < -0.39 is 5.60 Å². The highest BCUT2D eigenvalue weighted by atomic mass is 35.5. The molecular weight excluding hydrogens is 284 g/mol. The molecular formula is C14H17ClO3S. The van der Waals surface area contributed by atoms with Crippen LogP contribution in [0.3, 0.4) is 0 Å². The number of hydrogen-bond donors (Lipinski definition) is 0. The first-order chi connectivity index (χ1) is 8.79. The molecule has 0 radical (unpaired) electrons. The summed E-state index contributed by atoms with van der Waals surface area (Å²) in [5.41, 5.74) is -0.00874. The molecule has 0 N–H and O–H groups in total. The minimum Gasteiger partial charge on any atom is -0.459 e. The van der Waals surface area contributed by atoms with Gasteiger partial charge in [0.15, 0.2) is 5.78 Å². The average molecular weight is 301 g/mol. The lowest BCUT2D eigenvalue weighted by Crippen LogP contribution is -2.25. The molecule has 104 valence electrons.